The second kappa shape index (κ2) is 13.8. The normalized spacial score (nSPS) is 12.0. The molecule has 0 fully saturated rings. The molecule has 276 valence electrons. The average molecular weight is 771 g/mol. The van der Waals surface area contributed by atoms with E-state index >= 15 is 0 Å². The van der Waals surface area contributed by atoms with Gasteiger partial charge in [0.25, 0.3) is 0 Å². The lowest BCUT2D eigenvalue weighted by Gasteiger charge is -2.08. The van der Waals surface area contributed by atoms with E-state index in [4.69, 9.17) is 4.74 Å². The third kappa shape index (κ3) is 7.17. The molecular formula is C38H32F2N6O6S2. The van der Waals surface area contributed by atoms with Crippen molar-refractivity contribution in [1.82, 2.24) is 29.5 Å². The smallest absolute Gasteiger partial charge is 0.248 e. The molecule has 54 heavy (non-hydrogen) atoms. The van der Waals surface area contributed by atoms with Crippen LogP contribution in [0, 0.1) is 11.6 Å². The van der Waals surface area contributed by atoms with Gasteiger partial charge in [-0.25, -0.2) is 40.6 Å². The molecule has 8 aromatic rings. The minimum absolute atomic E-state index is 0.0569. The fourth-order valence-corrected chi connectivity index (χ4v) is 8.17. The number of nitrogens with zero attached hydrogens (tertiary/aromatic N) is 4. The molecule has 8 rings (SSSR count). The van der Waals surface area contributed by atoms with Gasteiger partial charge in [-0.2, -0.15) is 0 Å². The lowest BCUT2D eigenvalue weighted by molar-refractivity contribution is 0.398. The van der Waals surface area contributed by atoms with E-state index in [1.54, 1.807) is 60.8 Å². The number of H-pyrrole nitrogens is 2. The number of sulfone groups is 2. The van der Waals surface area contributed by atoms with Crippen molar-refractivity contribution in [1.29, 1.82) is 0 Å². The summed E-state index contributed by atoms with van der Waals surface area (Å²) in [6, 6.07) is 16.7. The van der Waals surface area contributed by atoms with Crippen LogP contribution in [0.2, 0.25) is 0 Å². The molecule has 16 heteroatoms. The zero-order valence-corrected chi connectivity index (χ0v) is 30.9. The molecule has 0 saturated carbocycles. The van der Waals surface area contributed by atoms with E-state index in [0.717, 1.165) is 23.4 Å². The van der Waals surface area contributed by atoms with Gasteiger partial charge < -0.3 is 19.3 Å². The predicted octanol–water partition coefficient (Wildman–Crippen LogP) is 6.24. The fourth-order valence-electron chi connectivity index (χ4n) is 6.57. The maximum absolute atomic E-state index is 14.9. The Kier molecular flexibility index (Phi) is 9.27. The van der Waals surface area contributed by atoms with Gasteiger partial charge in [-0.3, -0.25) is 4.79 Å². The van der Waals surface area contributed by atoms with Gasteiger partial charge in [0.05, 0.1) is 48.2 Å². The van der Waals surface area contributed by atoms with E-state index in [-0.39, 0.29) is 17.1 Å². The Bertz CT molecular complexity index is 3030. The van der Waals surface area contributed by atoms with Gasteiger partial charge in [0.2, 0.25) is 11.4 Å². The van der Waals surface area contributed by atoms with E-state index in [1.807, 2.05) is 11.6 Å². The first-order valence-corrected chi connectivity index (χ1v) is 20.4. The van der Waals surface area contributed by atoms with Crippen LogP contribution in [0.25, 0.3) is 66.1 Å². The van der Waals surface area contributed by atoms with Crippen LogP contribution in [0.4, 0.5) is 8.78 Å². The molecular weight excluding hydrogens is 739 g/mol. The summed E-state index contributed by atoms with van der Waals surface area (Å²) in [6.07, 6.45) is 7.87. The summed E-state index contributed by atoms with van der Waals surface area (Å²) in [4.78, 5) is 29.9. The third-order valence-electron chi connectivity index (χ3n) is 8.85. The van der Waals surface area contributed by atoms with Gasteiger partial charge in [0.1, 0.15) is 22.9 Å². The molecule has 12 nitrogen and oxygen atoms in total. The summed E-state index contributed by atoms with van der Waals surface area (Å²) >= 11 is 0. The standard InChI is InChI=1S/C20H18FN3O3S.C18H14FN3O3S/c1-24-16-10-22-17(27-2)8-14(16)19-18(15(21)9-23-20(19)24)13-6-4-12(5-7-13)11-28(3,25)26;1-26(24,25)9-10-2-4-11(5-3-10)16-13(19)7-21-18-17(16)12-6-15(23)20-8-14(12)22-18/h4-10H,11H2,1-3H3;2-8H,9H2,1H3,(H,20,23)(H,21,22). The van der Waals surface area contributed by atoms with Crippen LogP contribution < -0.4 is 10.3 Å². The van der Waals surface area contributed by atoms with Crippen LogP contribution in [0.3, 0.4) is 0 Å². The number of rotatable bonds is 7. The molecule has 0 radical (unpaired) electrons. The Balaban J connectivity index is 0.000000167. The fraction of sp³-hybridized carbons (Fsp3) is 0.158. The van der Waals surface area contributed by atoms with E-state index < -0.39 is 31.3 Å². The molecule has 0 aliphatic rings. The Morgan fingerprint density at radius 3 is 1.85 bits per heavy atom. The van der Waals surface area contributed by atoms with Gasteiger partial charge in [-0.05, 0) is 22.3 Å². The highest BCUT2D eigenvalue weighted by atomic mass is 32.2. The Morgan fingerprint density at radius 1 is 0.741 bits per heavy atom. The van der Waals surface area contributed by atoms with Crippen LogP contribution in [-0.4, -0.2) is 65.9 Å². The number of aromatic nitrogens is 6. The monoisotopic (exact) mass is 770 g/mol. The molecule has 2 aromatic carbocycles. The minimum atomic E-state index is -3.15. The molecule has 0 unspecified atom stereocenters. The zero-order chi connectivity index (χ0) is 38.5. The summed E-state index contributed by atoms with van der Waals surface area (Å²) in [5.74, 6) is -0.678. The van der Waals surface area contributed by atoms with E-state index in [0.29, 0.717) is 72.2 Å². The number of aromatic amines is 2. The number of fused-ring (bicyclic) bond motifs is 6. The number of aryl methyl sites for hydroxylation is 1. The van der Waals surface area contributed by atoms with Crippen molar-refractivity contribution in [3.8, 4) is 28.1 Å². The second-order valence-electron chi connectivity index (χ2n) is 13.0. The van der Waals surface area contributed by atoms with Gasteiger partial charge in [0.15, 0.2) is 19.7 Å². The number of ether oxygens (including phenoxy) is 1. The lowest BCUT2D eigenvalue weighted by Crippen LogP contribution is -2.01. The highest BCUT2D eigenvalue weighted by Gasteiger charge is 2.20. The first-order valence-electron chi connectivity index (χ1n) is 16.3. The molecule has 0 aliphatic heterocycles. The minimum Gasteiger partial charge on any atom is -0.481 e. The summed E-state index contributed by atoms with van der Waals surface area (Å²) in [5, 5.41) is 2.54. The number of pyridine rings is 4. The number of methoxy groups -OCH3 is 1. The first kappa shape index (κ1) is 36.4. The quantitative estimate of drug-likeness (QED) is 0.191. The van der Waals surface area contributed by atoms with Crippen LogP contribution in [0.1, 0.15) is 11.1 Å². The van der Waals surface area contributed by atoms with Crippen molar-refractivity contribution in [2.45, 2.75) is 11.5 Å². The average Bonchev–Trinajstić information content (AvgIpc) is 3.62. The number of benzene rings is 2. The van der Waals surface area contributed by atoms with Crippen molar-refractivity contribution in [3.05, 3.63) is 119 Å². The summed E-state index contributed by atoms with van der Waals surface area (Å²) in [7, 11) is -2.91. The van der Waals surface area contributed by atoms with Crippen molar-refractivity contribution in [2.24, 2.45) is 7.05 Å². The number of nitrogens with one attached hydrogen (secondary N) is 2. The number of hydrogen-bond acceptors (Lipinski definition) is 9. The highest BCUT2D eigenvalue weighted by molar-refractivity contribution is 7.90. The Morgan fingerprint density at radius 2 is 1.30 bits per heavy atom. The predicted molar refractivity (Wildman–Crippen MR) is 205 cm³/mol. The molecule has 0 saturated heterocycles. The van der Waals surface area contributed by atoms with Crippen molar-refractivity contribution in [3.63, 3.8) is 0 Å². The molecule has 0 spiro atoms. The molecule has 0 aliphatic carbocycles. The maximum atomic E-state index is 14.9. The van der Waals surface area contributed by atoms with Crippen molar-refractivity contribution in [2.75, 3.05) is 19.6 Å². The summed E-state index contributed by atoms with van der Waals surface area (Å²) in [6.45, 7) is 0. The van der Waals surface area contributed by atoms with Gasteiger partial charge in [-0.1, -0.05) is 48.5 Å². The molecule has 6 heterocycles. The van der Waals surface area contributed by atoms with Gasteiger partial charge in [0, 0.05) is 70.6 Å². The molecule has 0 bridgehead atoms. The zero-order valence-electron chi connectivity index (χ0n) is 29.3. The van der Waals surface area contributed by atoms with Crippen molar-refractivity contribution >= 4 is 63.5 Å². The largest absolute Gasteiger partial charge is 0.481 e. The Labute approximate surface area is 307 Å². The molecule has 6 aromatic heterocycles. The SMILES string of the molecule is COc1cc2c3c(-c4ccc(CS(C)(=O)=O)cc4)c(F)cnc3n(C)c2cn1.CS(=O)(=O)Cc1ccc(-c2c(F)cnc3[nH]c4c[nH]c(=O)cc4c23)cc1. The maximum Gasteiger partial charge on any atom is 0.248 e. The second-order valence-corrected chi connectivity index (χ2v) is 17.3. The molecule has 2 N–H and O–H groups in total. The van der Waals surface area contributed by atoms with E-state index in [9.17, 15) is 30.4 Å². The molecule has 0 amide bonds. The van der Waals surface area contributed by atoms with Gasteiger partial charge in [-0.15, -0.1) is 0 Å². The highest BCUT2D eigenvalue weighted by Crippen LogP contribution is 2.38. The molecule has 0 atom stereocenters. The third-order valence-corrected chi connectivity index (χ3v) is 10.6. The van der Waals surface area contributed by atoms with Crippen LogP contribution in [0.5, 0.6) is 5.88 Å². The first-order chi connectivity index (χ1) is 25.6. The topological polar surface area (TPSA) is 170 Å². The lowest BCUT2D eigenvalue weighted by atomic mass is 10.0. The van der Waals surface area contributed by atoms with Crippen molar-refractivity contribution < 1.29 is 30.4 Å². The summed E-state index contributed by atoms with van der Waals surface area (Å²) in [5.41, 5.74) is 5.48. The summed E-state index contributed by atoms with van der Waals surface area (Å²) < 4.78 is 82.4. The number of halogens is 2. The number of hydrogen-bond donors (Lipinski definition) is 2. The van der Waals surface area contributed by atoms with Gasteiger partial charge >= 0.3 is 0 Å². The Hall–Kier alpha value is -6.00. The van der Waals surface area contributed by atoms with Crippen LogP contribution in [0.15, 0.2) is 90.2 Å². The van der Waals surface area contributed by atoms with E-state index in [2.05, 4.69) is 24.9 Å². The van der Waals surface area contributed by atoms with Crippen LogP contribution >= 0.6 is 0 Å². The van der Waals surface area contributed by atoms with Crippen LogP contribution in [-0.2, 0) is 38.2 Å². The van der Waals surface area contributed by atoms with E-state index in [1.165, 1.54) is 31.8 Å².